The first-order valence-electron chi connectivity index (χ1n) is 12.6. The Hall–Kier alpha value is -4.41. The zero-order chi connectivity index (χ0) is 26.6. The van der Waals surface area contributed by atoms with Gasteiger partial charge in [-0.3, -0.25) is 14.5 Å². The van der Waals surface area contributed by atoms with E-state index in [-0.39, 0.29) is 24.3 Å². The third-order valence-electron chi connectivity index (χ3n) is 6.53. The fraction of sp³-hybridized carbons (Fsp3) is 0.370. The van der Waals surface area contributed by atoms with Crippen LogP contribution in [0.1, 0.15) is 49.0 Å². The van der Waals surface area contributed by atoms with Crippen LogP contribution in [0.2, 0.25) is 0 Å². The number of rotatable bonds is 9. The van der Waals surface area contributed by atoms with Crippen molar-refractivity contribution in [1.29, 1.82) is 0 Å². The van der Waals surface area contributed by atoms with Crippen LogP contribution >= 0.6 is 0 Å². The van der Waals surface area contributed by atoms with Gasteiger partial charge in [0.2, 0.25) is 5.82 Å². The van der Waals surface area contributed by atoms with Crippen molar-refractivity contribution in [1.82, 2.24) is 25.5 Å². The van der Waals surface area contributed by atoms with Crippen LogP contribution < -0.4 is 15.0 Å². The van der Waals surface area contributed by atoms with Crippen molar-refractivity contribution in [2.75, 3.05) is 12.0 Å². The number of hydrogen-bond donors (Lipinski definition) is 1. The molecule has 0 unspecified atom stereocenters. The summed E-state index contributed by atoms with van der Waals surface area (Å²) in [5.41, 5.74) is 0.469. The van der Waals surface area contributed by atoms with Crippen LogP contribution in [0.5, 0.6) is 5.75 Å². The Bertz CT molecular complexity index is 1420. The van der Waals surface area contributed by atoms with E-state index in [0.29, 0.717) is 34.5 Å². The average Bonchev–Trinajstić information content (AvgIpc) is 3.71. The highest BCUT2D eigenvalue weighted by Gasteiger charge is 2.37. The monoisotopic (exact) mass is 518 g/mol. The van der Waals surface area contributed by atoms with Gasteiger partial charge in [0.05, 0.1) is 7.11 Å². The Kier molecular flexibility index (Phi) is 7.25. The molecular weight excluding hydrogens is 488 g/mol. The molecule has 0 radical (unpaired) electrons. The van der Waals surface area contributed by atoms with E-state index < -0.39 is 11.9 Å². The number of benzene rings is 1. The molecule has 3 heterocycles. The Balaban J connectivity index is 1.51. The van der Waals surface area contributed by atoms with Crippen LogP contribution in [0.4, 0.5) is 5.69 Å². The maximum atomic E-state index is 13.9. The number of carbonyl (C=O) groups excluding carboxylic acids is 2. The molecule has 4 aromatic rings. The second-order valence-electron chi connectivity index (χ2n) is 9.36. The van der Waals surface area contributed by atoms with Gasteiger partial charge in [0.1, 0.15) is 29.6 Å². The highest BCUT2D eigenvalue weighted by Crippen LogP contribution is 2.32. The summed E-state index contributed by atoms with van der Waals surface area (Å²) in [5.74, 6) is 2.20. The van der Waals surface area contributed by atoms with Gasteiger partial charge >= 0.3 is 0 Å². The molecule has 0 spiro atoms. The first-order chi connectivity index (χ1) is 18.4. The van der Waals surface area contributed by atoms with E-state index in [9.17, 15) is 9.59 Å². The summed E-state index contributed by atoms with van der Waals surface area (Å²) in [6, 6.07) is 13.0. The van der Waals surface area contributed by atoms with Gasteiger partial charge in [-0.1, -0.05) is 18.9 Å². The van der Waals surface area contributed by atoms with Crippen LogP contribution in [0.25, 0.3) is 11.6 Å². The molecule has 0 aliphatic heterocycles. The minimum atomic E-state index is -1.06. The van der Waals surface area contributed by atoms with Gasteiger partial charge in [-0.05, 0) is 68.3 Å². The van der Waals surface area contributed by atoms with Crippen LogP contribution in [-0.4, -0.2) is 45.2 Å². The SMILES string of the molecule is COc1cccc(N(C(=O)Cn2nnc(-c3ccc(C)o3)n2)[C@@H](C(=O)NC2CCCC2)c2ccc(C)o2)c1. The number of furan rings is 2. The topological polar surface area (TPSA) is 129 Å². The average molecular weight is 519 g/mol. The Morgan fingerprint density at radius 3 is 2.55 bits per heavy atom. The van der Waals surface area contributed by atoms with Crippen LogP contribution in [0.3, 0.4) is 0 Å². The van der Waals surface area contributed by atoms with Gasteiger partial charge < -0.3 is 18.9 Å². The van der Waals surface area contributed by atoms with E-state index in [4.69, 9.17) is 13.6 Å². The molecule has 198 valence electrons. The lowest BCUT2D eigenvalue weighted by atomic mass is 10.1. The Morgan fingerprint density at radius 1 is 1.11 bits per heavy atom. The number of ether oxygens (including phenoxy) is 1. The molecule has 0 bridgehead atoms. The third-order valence-corrected chi connectivity index (χ3v) is 6.53. The molecule has 38 heavy (non-hydrogen) atoms. The quantitative estimate of drug-likeness (QED) is 0.352. The second kappa shape index (κ2) is 10.9. The summed E-state index contributed by atoms with van der Waals surface area (Å²) in [6.45, 7) is 3.34. The lowest BCUT2D eigenvalue weighted by molar-refractivity contribution is -0.128. The summed E-state index contributed by atoms with van der Waals surface area (Å²) < 4.78 is 16.9. The van der Waals surface area contributed by atoms with Gasteiger partial charge in [-0.25, -0.2) is 0 Å². The number of aryl methyl sites for hydroxylation is 2. The number of methoxy groups -OCH3 is 1. The minimum absolute atomic E-state index is 0.0552. The van der Waals surface area contributed by atoms with Crippen molar-refractivity contribution >= 4 is 17.5 Å². The van der Waals surface area contributed by atoms with Gasteiger partial charge in [-0.2, -0.15) is 4.80 Å². The molecule has 1 aromatic carbocycles. The van der Waals surface area contributed by atoms with E-state index in [1.54, 1.807) is 62.6 Å². The molecule has 1 fully saturated rings. The van der Waals surface area contributed by atoms with Crippen molar-refractivity contribution in [2.24, 2.45) is 0 Å². The van der Waals surface area contributed by atoms with Crippen LogP contribution in [-0.2, 0) is 16.1 Å². The normalized spacial score (nSPS) is 14.4. The summed E-state index contributed by atoms with van der Waals surface area (Å²) in [7, 11) is 1.54. The number of hydrogen-bond acceptors (Lipinski definition) is 8. The molecule has 2 amide bonds. The van der Waals surface area contributed by atoms with Crippen molar-refractivity contribution in [3.05, 3.63) is 65.8 Å². The standard InChI is InChI=1S/C27H30N6O5/c1-17-11-13-22(37-17)25(27(35)28-19-7-4-5-8-19)33(20-9-6-10-21(15-20)36-3)24(34)16-32-30-26(29-31-32)23-14-12-18(2)38-23/h6,9-15,19,25H,4-5,7-8,16H2,1-3H3,(H,28,35)/t25-/m1/s1. The molecule has 1 aliphatic rings. The van der Waals surface area contributed by atoms with E-state index in [1.807, 2.05) is 6.92 Å². The number of nitrogens with one attached hydrogen (secondary N) is 1. The number of aromatic nitrogens is 4. The molecule has 5 rings (SSSR count). The smallest absolute Gasteiger partial charge is 0.251 e. The summed E-state index contributed by atoms with van der Waals surface area (Å²) in [5, 5.41) is 15.5. The minimum Gasteiger partial charge on any atom is -0.497 e. The van der Waals surface area contributed by atoms with Gasteiger partial charge in [0, 0.05) is 17.8 Å². The molecule has 1 aliphatic carbocycles. The van der Waals surface area contributed by atoms with Crippen molar-refractivity contribution in [3.8, 4) is 17.3 Å². The number of amides is 2. The largest absolute Gasteiger partial charge is 0.497 e. The molecule has 3 aromatic heterocycles. The van der Waals surface area contributed by atoms with Gasteiger partial charge in [0.15, 0.2) is 11.8 Å². The van der Waals surface area contributed by atoms with E-state index in [0.717, 1.165) is 25.7 Å². The maximum Gasteiger partial charge on any atom is 0.251 e. The number of carbonyl (C=O) groups is 2. The summed E-state index contributed by atoms with van der Waals surface area (Å²) >= 11 is 0. The summed E-state index contributed by atoms with van der Waals surface area (Å²) in [6.07, 6.45) is 3.92. The number of anilines is 1. The van der Waals surface area contributed by atoms with Crippen molar-refractivity contribution in [2.45, 2.75) is 58.2 Å². The predicted octanol–water partition coefficient (Wildman–Crippen LogP) is 3.98. The zero-order valence-electron chi connectivity index (χ0n) is 21.6. The molecule has 1 atom stereocenters. The van der Waals surface area contributed by atoms with Gasteiger partial charge in [0.25, 0.3) is 11.8 Å². The fourth-order valence-corrected chi connectivity index (χ4v) is 4.68. The molecule has 1 N–H and O–H groups in total. The maximum absolute atomic E-state index is 13.9. The lowest BCUT2D eigenvalue weighted by Gasteiger charge is -2.31. The van der Waals surface area contributed by atoms with E-state index in [2.05, 4.69) is 20.7 Å². The fourth-order valence-electron chi connectivity index (χ4n) is 4.68. The number of nitrogens with zero attached hydrogens (tertiary/aromatic N) is 5. The van der Waals surface area contributed by atoms with Crippen LogP contribution in [0, 0.1) is 13.8 Å². The van der Waals surface area contributed by atoms with Gasteiger partial charge in [-0.15, -0.1) is 10.2 Å². The first-order valence-corrected chi connectivity index (χ1v) is 12.6. The van der Waals surface area contributed by atoms with Crippen molar-refractivity contribution in [3.63, 3.8) is 0 Å². The van der Waals surface area contributed by atoms with E-state index in [1.165, 1.54) is 9.70 Å². The Labute approximate surface area is 219 Å². The molecule has 11 heteroatoms. The summed E-state index contributed by atoms with van der Waals surface area (Å²) in [4.78, 5) is 30.3. The van der Waals surface area contributed by atoms with Crippen molar-refractivity contribution < 1.29 is 23.2 Å². The Morgan fingerprint density at radius 2 is 1.87 bits per heavy atom. The molecule has 11 nitrogen and oxygen atoms in total. The van der Waals surface area contributed by atoms with E-state index >= 15 is 0 Å². The zero-order valence-corrected chi connectivity index (χ0v) is 21.6. The second-order valence-corrected chi connectivity index (χ2v) is 9.36. The molecular formula is C27H30N6O5. The molecule has 0 saturated heterocycles. The number of tetrazole rings is 1. The van der Waals surface area contributed by atoms with Crippen LogP contribution in [0.15, 0.2) is 57.4 Å². The molecule has 1 saturated carbocycles. The highest BCUT2D eigenvalue weighted by atomic mass is 16.5. The predicted molar refractivity (Wildman–Crippen MR) is 137 cm³/mol. The highest BCUT2D eigenvalue weighted by molar-refractivity contribution is 6.01. The third kappa shape index (κ3) is 5.46. The lowest BCUT2D eigenvalue weighted by Crippen LogP contribution is -2.47. The first kappa shape index (κ1) is 25.2.